The zero-order valence-corrected chi connectivity index (χ0v) is 16.3. The van der Waals surface area contributed by atoms with E-state index in [1.54, 1.807) is 51.4 Å². The topological polar surface area (TPSA) is 0 Å². The van der Waals surface area contributed by atoms with E-state index in [4.69, 9.17) is 0 Å². The average molecular weight is 326 g/mol. The van der Waals surface area contributed by atoms with Gasteiger partial charge in [0.05, 0.1) is 0 Å². The minimum absolute atomic E-state index is 0. The van der Waals surface area contributed by atoms with Crippen LogP contribution in [0.25, 0.3) is 0 Å². The molecular weight excluding hydrogens is 288 g/mol. The normalized spacial score (nSPS) is 36.6. The van der Waals surface area contributed by atoms with Crippen LogP contribution < -0.4 is 0 Å². The average Bonchev–Trinajstić information content (AvgIpc) is 3.08. The predicted molar refractivity (Wildman–Crippen MR) is 91.4 cm³/mol. The van der Waals surface area contributed by atoms with Crippen molar-refractivity contribution in [2.75, 3.05) is 0 Å². The van der Waals surface area contributed by atoms with Crippen molar-refractivity contribution in [3.05, 3.63) is 14.9 Å². The van der Waals surface area contributed by atoms with Crippen LogP contribution in [0.4, 0.5) is 0 Å². The number of rotatable bonds is 0. The maximum absolute atomic E-state index is 1.56. The third-order valence-electron chi connectivity index (χ3n) is 6.43. The van der Waals surface area contributed by atoms with Gasteiger partial charge in [0.2, 0.25) is 0 Å². The summed E-state index contributed by atoms with van der Waals surface area (Å²) in [5.74, 6) is 4.66. The Hall–Kier alpha value is 0.714. The van der Waals surface area contributed by atoms with Gasteiger partial charge in [-0.15, -0.1) is 0 Å². The van der Waals surface area contributed by atoms with Gasteiger partial charge in [0.1, 0.15) is 0 Å². The molecule has 4 aliphatic carbocycles. The van der Waals surface area contributed by atoms with Gasteiger partial charge in [-0.1, -0.05) is 89.9 Å². The van der Waals surface area contributed by atoms with E-state index in [0.29, 0.717) is 0 Å². The molecule has 0 bridgehead atoms. The molecule has 4 aliphatic rings. The van der Waals surface area contributed by atoms with Gasteiger partial charge in [-0.05, 0) is 23.7 Å². The molecule has 1 heteroatoms. The smallest absolute Gasteiger partial charge is 0.358 e. The summed E-state index contributed by atoms with van der Waals surface area (Å²) in [5, 5.41) is 0. The van der Waals surface area contributed by atoms with E-state index in [9.17, 15) is 0 Å². The van der Waals surface area contributed by atoms with E-state index in [2.05, 4.69) is 0 Å². The molecule has 0 aromatic rings. The summed E-state index contributed by atoms with van der Waals surface area (Å²) < 4.78 is 0. The summed E-state index contributed by atoms with van der Waals surface area (Å²) in [5.41, 5.74) is 0. The van der Waals surface area contributed by atoms with Crippen LogP contribution in [0.3, 0.4) is 0 Å². The standard InChI is InChI=1S/2C9H16.2CH3.Ti/c2*1-2-5-9-7-3-6-8(9)4-1;;;/h2*8-9H,1-7H2;2*1H3;/q;;2*-1;+4. The summed E-state index contributed by atoms with van der Waals surface area (Å²) in [4.78, 5) is 0. The minimum atomic E-state index is 0. The van der Waals surface area contributed by atoms with Crippen molar-refractivity contribution < 1.29 is 21.7 Å². The first-order valence-electron chi connectivity index (χ1n) is 8.93. The molecule has 0 nitrogen and oxygen atoms in total. The van der Waals surface area contributed by atoms with Crippen LogP contribution in [0, 0.1) is 38.5 Å². The minimum Gasteiger partial charge on any atom is -0.358 e. The van der Waals surface area contributed by atoms with Crippen LogP contribution >= 0.6 is 0 Å². The summed E-state index contributed by atoms with van der Waals surface area (Å²) in [7, 11) is 0. The first-order valence-corrected chi connectivity index (χ1v) is 8.93. The quantitative estimate of drug-likeness (QED) is 0.337. The van der Waals surface area contributed by atoms with E-state index >= 15 is 0 Å². The summed E-state index contributed by atoms with van der Waals surface area (Å²) in [6.07, 6.45) is 21.7. The SMILES string of the molecule is C1CCC2CCCC2C1.C1CCC2CCCC2C1.[CH3-].[CH3-].[Ti+4]. The van der Waals surface area contributed by atoms with Crippen molar-refractivity contribution in [3.63, 3.8) is 0 Å². The zero-order chi connectivity index (χ0) is 12.2. The van der Waals surface area contributed by atoms with E-state index in [0.717, 1.165) is 0 Å². The maximum Gasteiger partial charge on any atom is 4.00 e. The first kappa shape index (κ1) is 21.7. The molecule has 4 atom stereocenters. The van der Waals surface area contributed by atoms with Crippen molar-refractivity contribution in [1.29, 1.82) is 0 Å². The van der Waals surface area contributed by atoms with Crippen LogP contribution in [0.1, 0.15) is 89.9 Å². The third-order valence-corrected chi connectivity index (χ3v) is 6.43. The Morgan fingerprint density at radius 3 is 0.762 bits per heavy atom. The molecule has 4 unspecified atom stereocenters. The van der Waals surface area contributed by atoms with E-state index < -0.39 is 0 Å². The van der Waals surface area contributed by atoms with Crippen molar-refractivity contribution >= 4 is 0 Å². The van der Waals surface area contributed by atoms with Crippen LogP contribution in [0.5, 0.6) is 0 Å². The van der Waals surface area contributed by atoms with Gasteiger partial charge >= 0.3 is 21.7 Å². The summed E-state index contributed by atoms with van der Waals surface area (Å²) in [6, 6.07) is 0. The van der Waals surface area contributed by atoms with Crippen LogP contribution in [-0.4, -0.2) is 0 Å². The number of hydrogen-bond donors (Lipinski definition) is 0. The molecule has 0 aromatic heterocycles. The number of hydrogen-bond acceptors (Lipinski definition) is 0. The summed E-state index contributed by atoms with van der Waals surface area (Å²) in [6.45, 7) is 0. The monoisotopic (exact) mass is 326 g/mol. The molecule has 0 aromatic carbocycles. The van der Waals surface area contributed by atoms with Crippen molar-refractivity contribution in [2.45, 2.75) is 89.9 Å². The Morgan fingerprint density at radius 1 is 0.333 bits per heavy atom. The molecule has 0 N–H and O–H groups in total. The van der Waals surface area contributed by atoms with E-state index in [-0.39, 0.29) is 36.6 Å². The second-order valence-corrected chi connectivity index (χ2v) is 7.47. The molecule has 4 rings (SSSR count). The molecule has 0 spiro atoms. The van der Waals surface area contributed by atoms with E-state index in [1.807, 2.05) is 0 Å². The van der Waals surface area contributed by atoms with Gasteiger partial charge in [-0.25, -0.2) is 0 Å². The fourth-order valence-corrected chi connectivity index (χ4v) is 5.37. The molecule has 0 radical (unpaired) electrons. The Bertz CT molecular complexity index is 200. The molecule has 21 heavy (non-hydrogen) atoms. The largest absolute Gasteiger partial charge is 4.00 e. The maximum atomic E-state index is 1.56. The van der Waals surface area contributed by atoms with Gasteiger partial charge < -0.3 is 14.9 Å². The van der Waals surface area contributed by atoms with Gasteiger partial charge in [-0.3, -0.25) is 0 Å². The zero-order valence-electron chi connectivity index (χ0n) is 14.7. The van der Waals surface area contributed by atoms with E-state index in [1.165, 1.54) is 62.2 Å². The fraction of sp³-hybridized carbons (Fsp3) is 0.900. The van der Waals surface area contributed by atoms with Crippen molar-refractivity contribution in [1.82, 2.24) is 0 Å². The Morgan fingerprint density at radius 2 is 0.524 bits per heavy atom. The van der Waals surface area contributed by atoms with Gasteiger partial charge in [0.15, 0.2) is 0 Å². The third kappa shape index (κ3) is 6.02. The summed E-state index contributed by atoms with van der Waals surface area (Å²) >= 11 is 0. The van der Waals surface area contributed by atoms with Crippen molar-refractivity contribution in [2.24, 2.45) is 23.7 Å². The molecule has 0 saturated heterocycles. The molecule has 0 aliphatic heterocycles. The fourth-order valence-electron chi connectivity index (χ4n) is 5.37. The van der Waals surface area contributed by atoms with Crippen molar-refractivity contribution in [3.8, 4) is 0 Å². The molecule has 4 fully saturated rings. The predicted octanol–water partition coefficient (Wildman–Crippen LogP) is 6.85. The Kier molecular flexibility index (Phi) is 11.7. The molecule has 0 heterocycles. The molecule has 120 valence electrons. The molecule has 4 saturated carbocycles. The Balaban J connectivity index is 0.000000333. The van der Waals surface area contributed by atoms with Gasteiger partial charge in [-0.2, -0.15) is 0 Å². The number of fused-ring (bicyclic) bond motifs is 2. The van der Waals surface area contributed by atoms with Crippen LogP contribution in [0.15, 0.2) is 0 Å². The van der Waals surface area contributed by atoms with Gasteiger partial charge in [0, 0.05) is 0 Å². The Labute approximate surface area is 150 Å². The molecular formula is C20H38Ti+2. The molecule has 0 amide bonds. The first-order chi connectivity index (χ1) is 8.93. The van der Waals surface area contributed by atoms with Gasteiger partial charge in [0.25, 0.3) is 0 Å². The van der Waals surface area contributed by atoms with Crippen LogP contribution in [-0.2, 0) is 21.7 Å². The van der Waals surface area contributed by atoms with Crippen LogP contribution in [0.2, 0.25) is 0 Å². The second kappa shape index (κ2) is 11.3. The second-order valence-electron chi connectivity index (χ2n) is 7.47.